The van der Waals surface area contributed by atoms with Crippen LogP contribution < -0.4 is 10.6 Å². The molecule has 0 saturated carbocycles. The molecule has 1 amide bonds. The molecule has 2 atom stereocenters. The summed E-state index contributed by atoms with van der Waals surface area (Å²) in [5.74, 6) is 0.738. The van der Waals surface area contributed by atoms with E-state index in [4.69, 9.17) is 0 Å². The first-order valence-corrected chi connectivity index (χ1v) is 7.45. The Kier molecular flexibility index (Phi) is 7.72. The quantitative estimate of drug-likeness (QED) is 0.877. The molecule has 0 radical (unpaired) electrons. The van der Waals surface area contributed by atoms with Crippen LogP contribution in [0.2, 0.25) is 0 Å². The Morgan fingerprint density at radius 1 is 1.38 bits per heavy atom. The maximum absolute atomic E-state index is 12.3. The molecule has 0 bridgehead atoms. The van der Waals surface area contributed by atoms with Crippen molar-refractivity contribution in [1.82, 2.24) is 10.2 Å². The van der Waals surface area contributed by atoms with E-state index in [1.54, 1.807) is 0 Å². The number of para-hydroxylation sites is 1. The molecular formula is C16H26ClN3O. The van der Waals surface area contributed by atoms with Crippen LogP contribution in [0.5, 0.6) is 0 Å². The molecule has 0 aromatic heterocycles. The van der Waals surface area contributed by atoms with Crippen LogP contribution in [0.3, 0.4) is 0 Å². The van der Waals surface area contributed by atoms with E-state index >= 15 is 0 Å². The van der Waals surface area contributed by atoms with Crippen molar-refractivity contribution in [3.63, 3.8) is 0 Å². The van der Waals surface area contributed by atoms with Crippen LogP contribution >= 0.6 is 12.4 Å². The van der Waals surface area contributed by atoms with Crippen molar-refractivity contribution in [2.75, 3.05) is 32.0 Å². The standard InChI is InChI=1S/C16H25N3O.ClH/c1-13(16(20)18-15-8-4-3-5-9-15)19-10-6-7-14(12-19)11-17-2;/h3-5,8-9,13-14,17H,6-7,10-12H2,1-2H3,(H,18,20);1H. The van der Waals surface area contributed by atoms with Crippen LogP contribution in [0.4, 0.5) is 5.69 Å². The van der Waals surface area contributed by atoms with Gasteiger partial charge in [0.15, 0.2) is 0 Å². The third-order valence-electron chi connectivity index (χ3n) is 4.01. The largest absolute Gasteiger partial charge is 0.325 e. The van der Waals surface area contributed by atoms with Crippen LogP contribution in [0, 0.1) is 5.92 Å². The molecule has 1 aromatic rings. The number of carbonyl (C=O) groups is 1. The fourth-order valence-corrected chi connectivity index (χ4v) is 2.84. The van der Waals surface area contributed by atoms with E-state index in [-0.39, 0.29) is 24.4 Å². The number of likely N-dealkylation sites (tertiary alicyclic amines) is 1. The minimum Gasteiger partial charge on any atom is -0.325 e. The van der Waals surface area contributed by atoms with Crippen molar-refractivity contribution in [3.05, 3.63) is 30.3 Å². The van der Waals surface area contributed by atoms with Gasteiger partial charge in [-0.3, -0.25) is 9.69 Å². The SMILES string of the molecule is CNCC1CCCN(C(C)C(=O)Nc2ccccc2)C1.Cl. The number of nitrogens with one attached hydrogen (secondary N) is 2. The molecular weight excluding hydrogens is 286 g/mol. The second kappa shape index (κ2) is 9.03. The summed E-state index contributed by atoms with van der Waals surface area (Å²) in [4.78, 5) is 14.6. The molecule has 1 aromatic carbocycles. The Morgan fingerprint density at radius 2 is 2.10 bits per heavy atom. The topological polar surface area (TPSA) is 44.4 Å². The lowest BCUT2D eigenvalue weighted by molar-refractivity contribution is -0.121. The predicted octanol–water partition coefficient (Wildman–Crippen LogP) is 2.37. The van der Waals surface area contributed by atoms with Gasteiger partial charge in [-0.05, 0) is 58.0 Å². The molecule has 21 heavy (non-hydrogen) atoms. The zero-order chi connectivity index (χ0) is 14.4. The molecule has 1 aliphatic rings. The Bertz CT molecular complexity index is 425. The lowest BCUT2D eigenvalue weighted by Crippen LogP contribution is -2.48. The Hall–Kier alpha value is -1.10. The highest BCUT2D eigenvalue weighted by molar-refractivity contribution is 5.94. The summed E-state index contributed by atoms with van der Waals surface area (Å²) in [6.07, 6.45) is 2.43. The first-order valence-electron chi connectivity index (χ1n) is 7.45. The number of amides is 1. The minimum atomic E-state index is -0.0742. The van der Waals surface area contributed by atoms with E-state index in [0.29, 0.717) is 5.92 Å². The summed E-state index contributed by atoms with van der Waals surface area (Å²) in [5, 5.41) is 6.23. The summed E-state index contributed by atoms with van der Waals surface area (Å²) < 4.78 is 0. The van der Waals surface area contributed by atoms with Crippen molar-refractivity contribution in [3.8, 4) is 0 Å². The van der Waals surface area contributed by atoms with Gasteiger partial charge < -0.3 is 10.6 Å². The zero-order valence-corrected chi connectivity index (χ0v) is 13.7. The summed E-state index contributed by atoms with van der Waals surface area (Å²) in [6.45, 7) is 5.05. The van der Waals surface area contributed by atoms with Crippen molar-refractivity contribution >= 4 is 24.0 Å². The molecule has 0 aliphatic carbocycles. The van der Waals surface area contributed by atoms with Crippen LogP contribution in [0.15, 0.2) is 30.3 Å². The summed E-state index contributed by atoms with van der Waals surface area (Å²) >= 11 is 0. The fraction of sp³-hybridized carbons (Fsp3) is 0.562. The number of hydrogen-bond donors (Lipinski definition) is 2. The van der Waals surface area contributed by atoms with E-state index in [9.17, 15) is 4.79 Å². The van der Waals surface area contributed by atoms with Gasteiger partial charge in [-0.15, -0.1) is 12.4 Å². The number of hydrogen-bond acceptors (Lipinski definition) is 3. The molecule has 1 heterocycles. The van der Waals surface area contributed by atoms with Crippen LogP contribution in [-0.4, -0.2) is 43.5 Å². The normalized spacial score (nSPS) is 20.4. The first kappa shape index (κ1) is 18.0. The maximum Gasteiger partial charge on any atom is 0.241 e. The highest BCUT2D eigenvalue weighted by Crippen LogP contribution is 2.18. The molecule has 0 spiro atoms. The highest BCUT2D eigenvalue weighted by Gasteiger charge is 2.26. The fourth-order valence-electron chi connectivity index (χ4n) is 2.84. The van der Waals surface area contributed by atoms with Gasteiger partial charge in [0.05, 0.1) is 6.04 Å². The summed E-state index contributed by atoms with van der Waals surface area (Å²) in [6, 6.07) is 9.59. The number of carbonyl (C=O) groups excluding carboxylic acids is 1. The number of benzene rings is 1. The van der Waals surface area contributed by atoms with E-state index in [0.717, 1.165) is 25.3 Å². The maximum atomic E-state index is 12.3. The number of anilines is 1. The second-order valence-corrected chi connectivity index (χ2v) is 5.59. The van der Waals surface area contributed by atoms with Gasteiger partial charge in [0.25, 0.3) is 0 Å². The number of piperidine rings is 1. The van der Waals surface area contributed by atoms with Gasteiger partial charge in [-0.25, -0.2) is 0 Å². The average molecular weight is 312 g/mol. The Balaban J connectivity index is 0.00000220. The minimum absolute atomic E-state index is 0. The smallest absolute Gasteiger partial charge is 0.241 e. The van der Waals surface area contributed by atoms with Gasteiger partial charge in [0, 0.05) is 12.2 Å². The average Bonchev–Trinajstić information content (AvgIpc) is 2.48. The molecule has 5 heteroatoms. The van der Waals surface area contributed by atoms with Gasteiger partial charge in [0.2, 0.25) is 5.91 Å². The Labute approximate surface area is 133 Å². The number of nitrogens with zero attached hydrogens (tertiary/aromatic N) is 1. The molecule has 118 valence electrons. The summed E-state index contributed by atoms with van der Waals surface area (Å²) in [5.41, 5.74) is 0.869. The molecule has 1 aliphatic heterocycles. The molecule has 1 fully saturated rings. The molecule has 4 nitrogen and oxygen atoms in total. The van der Waals surface area contributed by atoms with E-state index < -0.39 is 0 Å². The van der Waals surface area contributed by atoms with Crippen LogP contribution in [-0.2, 0) is 4.79 Å². The third-order valence-corrected chi connectivity index (χ3v) is 4.01. The molecule has 1 saturated heterocycles. The van der Waals surface area contributed by atoms with Gasteiger partial charge in [-0.1, -0.05) is 18.2 Å². The van der Waals surface area contributed by atoms with E-state index in [1.165, 1.54) is 12.8 Å². The Morgan fingerprint density at radius 3 is 2.76 bits per heavy atom. The van der Waals surface area contributed by atoms with Crippen molar-refractivity contribution in [1.29, 1.82) is 0 Å². The zero-order valence-electron chi connectivity index (χ0n) is 12.8. The predicted molar refractivity (Wildman–Crippen MR) is 90.0 cm³/mol. The van der Waals surface area contributed by atoms with E-state index in [2.05, 4.69) is 15.5 Å². The second-order valence-electron chi connectivity index (χ2n) is 5.59. The van der Waals surface area contributed by atoms with Crippen LogP contribution in [0.1, 0.15) is 19.8 Å². The monoisotopic (exact) mass is 311 g/mol. The van der Waals surface area contributed by atoms with Crippen LogP contribution in [0.25, 0.3) is 0 Å². The first-order chi connectivity index (χ1) is 9.70. The van der Waals surface area contributed by atoms with E-state index in [1.807, 2.05) is 44.3 Å². The molecule has 2 N–H and O–H groups in total. The highest BCUT2D eigenvalue weighted by atomic mass is 35.5. The van der Waals surface area contributed by atoms with Gasteiger partial charge in [-0.2, -0.15) is 0 Å². The van der Waals surface area contributed by atoms with Gasteiger partial charge in [0.1, 0.15) is 0 Å². The summed E-state index contributed by atoms with van der Waals surface area (Å²) in [7, 11) is 1.99. The number of rotatable bonds is 5. The lowest BCUT2D eigenvalue weighted by Gasteiger charge is -2.36. The van der Waals surface area contributed by atoms with Crippen molar-refractivity contribution < 1.29 is 4.79 Å². The molecule has 2 unspecified atom stereocenters. The van der Waals surface area contributed by atoms with Crippen molar-refractivity contribution in [2.45, 2.75) is 25.8 Å². The third kappa shape index (κ3) is 5.30. The van der Waals surface area contributed by atoms with Gasteiger partial charge >= 0.3 is 0 Å². The number of halogens is 1. The molecule has 2 rings (SSSR count). The van der Waals surface area contributed by atoms with Crippen molar-refractivity contribution in [2.24, 2.45) is 5.92 Å². The lowest BCUT2D eigenvalue weighted by atomic mass is 9.96.